The Hall–Kier alpha value is -0.900. The van der Waals surface area contributed by atoms with Gasteiger partial charge in [-0.1, -0.05) is 30.8 Å². The fraction of sp³-hybridized carbons (Fsp3) is 0.833. The normalized spacial score (nSPS) is 20.6. The molecule has 1 fully saturated rings. The van der Waals surface area contributed by atoms with Crippen molar-refractivity contribution in [2.45, 2.75) is 58.0 Å². The summed E-state index contributed by atoms with van der Waals surface area (Å²) in [4.78, 5) is 4.21. The highest BCUT2D eigenvalue weighted by Crippen LogP contribution is 2.25. The molecule has 4 heteroatoms. The second kappa shape index (κ2) is 5.43. The largest absolute Gasteiger partial charge is 0.385 e. The first-order chi connectivity index (χ1) is 7.75. The Labute approximate surface area is 96.1 Å². The summed E-state index contributed by atoms with van der Waals surface area (Å²) in [6, 6.07) is 0. The van der Waals surface area contributed by atoms with Gasteiger partial charge in [-0.2, -0.15) is 4.98 Å². The number of aliphatic hydroxyl groups is 1. The smallest absolute Gasteiger partial charge is 0.227 e. The molecule has 1 atom stereocenters. The van der Waals surface area contributed by atoms with Crippen molar-refractivity contribution >= 4 is 0 Å². The van der Waals surface area contributed by atoms with Gasteiger partial charge in [0.2, 0.25) is 5.89 Å². The van der Waals surface area contributed by atoms with Crippen LogP contribution in [0.2, 0.25) is 0 Å². The molecular formula is C12H20N2O2. The first-order valence-corrected chi connectivity index (χ1v) is 6.26. The Morgan fingerprint density at radius 2 is 2.00 bits per heavy atom. The summed E-state index contributed by atoms with van der Waals surface area (Å²) >= 11 is 0. The quantitative estimate of drug-likeness (QED) is 0.802. The van der Waals surface area contributed by atoms with Crippen molar-refractivity contribution < 1.29 is 9.63 Å². The van der Waals surface area contributed by atoms with Gasteiger partial charge in [0.1, 0.15) is 6.10 Å². The average molecular weight is 224 g/mol. The van der Waals surface area contributed by atoms with Crippen LogP contribution in [0.15, 0.2) is 4.52 Å². The standard InChI is InChI=1S/C12H20N2O2/c1-9(15)12-13-11(16-14-12)8-10-6-4-2-3-5-7-10/h9-10,15H,2-8H2,1H3. The Kier molecular flexibility index (Phi) is 3.93. The molecule has 1 saturated carbocycles. The van der Waals surface area contributed by atoms with Crippen LogP contribution in [-0.4, -0.2) is 15.2 Å². The van der Waals surface area contributed by atoms with Crippen LogP contribution in [0.1, 0.15) is 63.3 Å². The van der Waals surface area contributed by atoms with E-state index in [1.807, 2.05) is 0 Å². The molecule has 0 spiro atoms. The van der Waals surface area contributed by atoms with E-state index in [0.29, 0.717) is 17.6 Å². The number of aromatic nitrogens is 2. The number of nitrogens with zero attached hydrogens (tertiary/aromatic N) is 2. The number of hydrogen-bond acceptors (Lipinski definition) is 4. The second-order valence-electron chi connectivity index (χ2n) is 4.78. The van der Waals surface area contributed by atoms with Crippen molar-refractivity contribution in [2.75, 3.05) is 0 Å². The minimum atomic E-state index is -0.633. The molecule has 1 aliphatic carbocycles. The molecule has 90 valence electrons. The molecule has 4 nitrogen and oxygen atoms in total. The Balaban J connectivity index is 1.91. The lowest BCUT2D eigenvalue weighted by Gasteiger charge is -2.09. The third kappa shape index (κ3) is 3.04. The Bertz CT molecular complexity index is 315. The van der Waals surface area contributed by atoms with Gasteiger partial charge in [-0.05, 0) is 25.7 Å². The molecule has 0 aromatic carbocycles. The van der Waals surface area contributed by atoms with Crippen LogP contribution in [0.25, 0.3) is 0 Å². The van der Waals surface area contributed by atoms with Crippen molar-refractivity contribution in [1.29, 1.82) is 0 Å². The highest BCUT2D eigenvalue weighted by molar-refractivity contribution is 4.90. The van der Waals surface area contributed by atoms with Crippen molar-refractivity contribution in [2.24, 2.45) is 5.92 Å². The maximum absolute atomic E-state index is 9.30. The molecule has 2 rings (SSSR count). The molecule has 1 heterocycles. The topological polar surface area (TPSA) is 59.2 Å². The van der Waals surface area contributed by atoms with E-state index in [1.165, 1.54) is 38.5 Å². The van der Waals surface area contributed by atoms with Crippen molar-refractivity contribution in [3.05, 3.63) is 11.7 Å². The molecule has 1 aliphatic rings. The fourth-order valence-electron chi connectivity index (χ4n) is 2.34. The molecule has 1 aromatic rings. The van der Waals surface area contributed by atoms with E-state index in [1.54, 1.807) is 6.92 Å². The highest BCUT2D eigenvalue weighted by atomic mass is 16.5. The van der Waals surface area contributed by atoms with E-state index in [2.05, 4.69) is 10.1 Å². The molecule has 0 bridgehead atoms. The Morgan fingerprint density at radius 3 is 2.56 bits per heavy atom. The van der Waals surface area contributed by atoms with Gasteiger partial charge < -0.3 is 9.63 Å². The third-order valence-electron chi connectivity index (χ3n) is 3.30. The molecule has 16 heavy (non-hydrogen) atoms. The van der Waals surface area contributed by atoms with Crippen LogP contribution in [0.5, 0.6) is 0 Å². The minimum Gasteiger partial charge on any atom is -0.385 e. The SMILES string of the molecule is CC(O)c1noc(CC2CCCCCC2)n1. The molecule has 0 aliphatic heterocycles. The van der Waals surface area contributed by atoms with Gasteiger partial charge in [0.25, 0.3) is 0 Å². The maximum atomic E-state index is 9.30. The fourth-order valence-corrected chi connectivity index (χ4v) is 2.34. The molecule has 1 N–H and O–H groups in total. The third-order valence-corrected chi connectivity index (χ3v) is 3.30. The van der Waals surface area contributed by atoms with E-state index in [4.69, 9.17) is 4.52 Å². The number of hydrogen-bond donors (Lipinski definition) is 1. The maximum Gasteiger partial charge on any atom is 0.227 e. The minimum absolute atomic E-state index is 0.406. The first-order valence-electron chi connectivity index (χ1n) is 6.26. The van der Waals surface area contributed by atoms with Crippen molar-refractivity contribution in [1.82, 2.24) is 10.1 Å². The van der Waals surface area contributed by atoms with E-state index < -0.39 is 6.10 Å². The zero-order chi connectivity index (χ0) is 11.4. The summed E-state index contributed by atoms with van der Waals surface area (Å²) in [7, 11) is 0. The predicted octanol–water partition coefficient (Wildman–Crippen LogP) is 2.64. The summed E-state index contributed by atoms with van der Waals surface area (Å²) in [5.74, 6) is 1.77. The van der Waals surface area contributed by atoms with E-state index in [0.717, 1.165) is 6.42 Å². The van der Waals surface area contributed by atoms with Crippen LogP contribution < -0.4 is 0 Å². The molecule has 1 unspecified atom stereocenters. The van der Waals surface area contributed by atoms with Crippen LogP contribution in [0.4, 0.5) is 0 Å². The summed E-state index contributed by atoms with van der Waals surface area (Å²) in [5.41, 5.74) is 0. The highest BCUT2D eigenvalue weighted by Gasteiger charge is 2.17. The first kappa shape index (κ1) is 11.6. The number of aliphatic hydroxyl groups excluding tert-OH is 1. The average Bonchev–Trinajstić information content (AvgIpc) is 2.56. The second-order valence-corrected chi connectivity index (χ2v) is 4.78. The monoisotopic (exact) mass is 224 g/mol. The van der Waals surface area contributed by atoms with Gasteiger partial charge in [-0.25, -0.2) is 0 Å². The zero-order valence-electron chi connectivity index (χ0n) is 9.85. The Morgan fingerprint density at radius 1 is 1.31 bits per heavy atom. The molecule has 0 radical (unpaired) electrons. The van der Waals surface area contributed by atoms with Gasteiger partial charge in [0.05, 0.1) is 0 Å². The van der Waals surface area contributed by atoms with Crippen molar-refractivity contribution in [3.63, 3.8) is 0 Å². The molecule has 0 saturated heterocycles. The molecule has 1 aromatic heterocycles. The van der Waals surface area contributed by atoms with Crippen LogP contribution in [0, 0.1) is 5.92 Å². The molecule has 0 amide bonds. The van der Waals surface area contributed by atoms with E-state index in [9.17, 15) is 5.11 Å². The summed E-state index contributed by atoms with van der Waals surface area (Å²) in [6.07, 6.45) is 8.15. The summed E-state index contributed by atoms with van der Waals surface area (Å²) in [5, 5.41) is 13.1. The van der Waals surface area contributed by atoms with Gasteiger partial charge in [-0.3, -0.25) is 0 Å². The van der Waals surface area contributed by atoms with Crippen LogP contribution in [0.3, 0.4) is 0 Å². The predicted molar refractivity (Wildman–Crippen MR) is 59.8 cm³/mol. The summed E-state index contributed by atoms with van der Waals surface area (Å²) in [6.45, 7) is 1.65. The van der Waals surface area contributed by atoms with Crippen LogP contribution >= 0.6 is 0 Å². The van der Waals surface area contributed by atoms with Crippen LogP contribution in [-0.2, 0) is 6.42 Å². The van der Waals surface area contributed by atoms with Gasteiger partial charge in [0, 0.05) is 6.42 Å². The van der Waals surface area contributed by atoms with Gasteiger partial charge in [-0.15, -0.1) is 0 Å². The van der Waals surface area contributed by atoms with Gasteiger partial charge >= 0.3 is 0 Å². The number of rotatable bonds is 3. The zero-order valence-corrected chi connectivity index (χ0v) is 9.85. The molecular weight excluding hydrogens is 204 g/mol. The lowest BCUT2D eigenvalue weighted by atomic mass is 9.97. The summed E-state index contributed by atoms with van der Waals surface area (Å²) < 4.78 is 5.15. The van der Waals surface area contributed by atoms with E-state index in [-0.39, 0.29) is 0 Å². The van der Waals surface area contributed by atoms with E-state index >= 15 is 0 Å². The lowest BCUT2D eigenvalue weighted by molar-refractivity contribution is 0.184. The van der Waals surface area contributed by atoms with Crippen molar-refractivity contribution in [3.8, 4) is 0 Å². The lowest BCUT2D eigenvalue weighted by Crippen LogP contribution is -2.04. The van der Waals surface area contributed by atoms with Gasteiger partial charge in [0.15, 0.2) is 5.82 Å².